The molecule has 0 radical (unpaired) electrons. The van der Waals surface area contributed by atoms with Gasteiger partial charge in [-0.25, -0.2) is 8.42 Å². The van der Waals surface area contributed by atoms with Crippen LogP contribution in [0.25, 0.3) is 0 Å². The van der Waals surface area contributed by atoms with Gasteiger partial charge in [-0.05, 0) is 42.3 Å². The molecule has 0 heterocycles. The summed E-state index contributed by atoms with van der Waals surface area (Å²) in [5, 5.41) is 8.98. The minimum atomic E-state index is -3.74. The van der Waals surface area contributed by atoms with Crippen LogP contribution in [0, 0.1) is 6.92 Å². The number of benzene rings is 2. The van der Waals surface area contributed by atoms with Crippen LogP contribution in [0.5, 0.6) is 5.75 Å². The van der Waals surface area contributed by atoms with E-state index in [2.05, 4.69) is 4.72 Å². The summed E-state index contributed by atoms with van der Waals surface area (Å²) in [6.07, 6.45) is 0. The minimum Gasteiger partial charge on any atom is -0.495 e. The Labute approximate surface area is 124 Å². The molecule has 2 N–H and O–H groups in total. The van der Waals surface area contributed by atoms with E-state index in [0.29, 0.717) is 17.0 Å². The van der Waals surface area contributed by atoms with Crippen molar-refractivity contribution in [1.82, 2.24) is 0 Å². The van der Waals surface area contributed by atoms with Crippen LogP contribution >= 0.6 is 0 Å². The number of methoxy groups -OCH3 is 1. The number of anilines is 1. The highest BCUT2D eigenvalue weighted by atomic mass is 32.2. The summed E-state index contributed by atoms with van der Waals surface area (Å²) in [7, 11) is -2.31. The molecule has 0 aliphatic carbocycles. The monoisotopic (exact) mass is 307 g/mol. The predicted octanol–water partition coefficient (Wildman–Crippen LogP) is 2.30. The van der Waals surface area contributed by atoms with Gasteiger partial charge in [0.1, 0.15) is 10.6 Å². The van der Waals surface area contributed by atoms with E-state index in [-0.39, 0.29) is 11.5 Å². The van der Waals surface area contributed by atoms with Crippen molar-refractivity contribution in [3.63, 3.8) is 0 Å². The van der Waals surface area contributed by atoms with Gasteiger partial charge in [0.05, 0.1) is 13.7 Å². The topological polar surface area (TPSA) is 75.6 Å². The Balaban J connectivity index is 2.35. The predicted molar refractivity (Wildman–Crippen MR) is 80.9 cm³/mol. The molecule has 0 saturated carbocycles. The molecule has 2 aromatic carbocycles. The summed E-state index contributed by atoms with van der Waals surface area (Å²) < 4.78 is 32.5. The maximum atomic E-state index is 12.4. The first kappa shape index (κ1) is 15.3. The largest absolute Gasteiger partial charge is 0.495 e. The highest BCUT2D eigenvalue weighted by molar-refractivity contribution is 7.92. The van der Waals surface area contributed by atoms with Crippen molar-refractivity contribution in [3.8, 4) is 5.75 Å². The summed E-state index contributed by atoms with van der Waals surface area (Å²) in [5.41, 5.74) is 1.97. The number of nitrogens with one attached hydrogen (secondary N) is 1. The average molecular weight is 307 g/mol. The molecule has 2 rings (SSSR count). The molecule has 0 saturated heterocycles. The van der Waals surface area contributed by atoms with Gasteiger partial charge >= 0.3 is 0 Å². The molecule has 0 bridgehead atoms. The van der Waals surface area contributed by atoms with Gasteiger partial charge in [0, 0.05) is 5.69 Å². The number of sulfonamides is 1. The van der Waals surface area contributed by atoms with Crippen LogP contribution in [-0.2, 0) is 16.6 Å². The van der Waals surface area contributed by atoms with Gasteiger partial charge < -0.3 is 9.84 Å². The highest BCUT2D eigenvalue weighted by Crippen LogP contribution is 2.26. The van der Waals surface area contributed by atoms with Gasteiger partial charge in [-0.3, -0.25) is 4.72 Å². The number of aryl methyl sites for hydroxylation is 1. The number of ether oxygens (including phenoxy) is 1. The molecular weight excluding hydrogens is 290 g/mol. The molecule has 0 amide bonds. The van der Waals surface area contributed by atoms with Gasteiger partial charge in [-0.2, -0.15) is 0 Å². The third-order valence-corrected chi connectivity index (χ3v) is 4.40. The lowest BCUT2D eigenvalue weighted by atomic mass is 10.2. The molecule has 0 spiro atoms. The summed E-state index contributed by atoms with van der Waals surface area (Å²) in [6.45, 7) is 1.73. The molecule has 2 aromatic rings. The Morgan fingerprint density at radius 3 is 2.38 bits per heavy atom. The smallest absolute Gasteiger partial charge is 0.265 e. The quantitative estimate of drug-likeness (QED) is 0.888. The number of hydrogen-bond acceptors (Lipinski definition) is 4. The Hall–Kier alpha value is -2.05. The lowest BCUT2D eigenvalue weighted by molar-refractivity contribution is 0.282. The van der Waals surface area contributed by atoms with Gasteiger partial charge in [0.25, 0.3) is 10.0 Å². The summed E-state index contributed by atoms with van der Waals surface area (Å²) >= 11 is 0. The molecule has 0 atom stereocenters. The molecule has 0 aliphatic heterocycles. The van der Waals surface area contributed by atoms with Gasteiger partial charge in [0.15, 0.2) is 0 Å². The molecule has 0 unspecified atom stereocenters. The second-order valence-electron chi connectivity index (χ2n) is 4.61. The summed E-state index contributed by atoms with van der Waals surface area (Å²) in [4.78, 5) is 0.0937. The van der Waals surface area contributed by atoms with Crippen LogP contribution in [0.3, 0.4) is 0 Å². The van der Waals surface area contributed by atoms with E-state index < -0.39 is 10.0 Å². The van der Waals surface area contributed by atoms with Crippen LogP contribution in [0.2, 0.25) is 0 Å². The molecule has 0 aromatic heterocycles. The lowest BCUT2D eigenvalue weighted by Gasteiger charge is -2.12. The van der Waals surface area contributed by atoms with Gasteiger partial charge in [0.2, 0.25) is 0 Å². The first-order valence-corrected chi connectivity index (χ1v) is 7.82. The fraction of sp³-hybridized carbons (Fsp3) is 0.200. The summed E-state index contributed by atoms with van der Waals surface area (Å²) in [5.74, 6) is 0.292. The Bertz CT molecular complexity index is 724. The van der Waals surface area contributed by atoms with Crippen molar-refractivity contribution in [1.29, 1.82) is 0 Å². The van der Waals surface area contributed by atoms with Gasteiger partial charge in [-0.1, -0.05) is 18.2 Å². The van der Waals surface area contributed by atoms with Crippen molar-refractivity contribution in [2.75, 3.05) is 11.8 Å². The standard InChI is InChI=1S/C15H17NO4S/c1-11-3-8-14(20-2)15(9-11)21(18,19)16-13-6-4-12(10-17)5-7-13/h3-9,16-17H,10H2,1-2H3. The Morgan fingerprint density at radius 2 is 1.81 bits per heavy atom. The maximum Gasteiger partial charge on any atom is 0.265 e. The van der Waals surface area contributed by atoms with E-state index in [4.69, 9.17) is 9.84 Å². The Morgan fingerprint density at radius 1 is 1.14 bits per heavy atom. The van der Waals surface area contributed by atoms with Crippen LogP contribution in [-0.4, -0.2) is 20.6 Å². The minimum absolute atomic E-state index is 0.0846. The maximum absolute atomic E-state index is 12.4. The lowest BCUT2D eigenvalue weighted by Crippen LogP contribution is -2.14. The average Bonchev–Trinajstić information content (AvgIpc) is 2.47. The van der Waals surface area contributed by atoms with E-state index in [1.165, 1.54) is 7.11 Å². The van der Waals surface area contributed by atoms with E-state index >= 15 is 0 Å². The number of aliphatic hydroxyl groups excluding tert-OH is 1. The van der Waals surface area contributed by atoms with E-state index in [9.17, 15) is 8.42 Å². The van der Waals surface area contributed by atoms with E-state index in [0.717, 1.165) is 5.56 Å². The van der Waals surface area contributed by atoms with Crippen molar-refractivity contribution in [3.05, 3.63) is 53.6 Å². The van der Waals surface area contributed by atoms with Crippen molar-refractivity contribution in [2.45, 2.75) is 18.4 Å². The third kappa shape index (κ3) is 3.53. The first-order valence-electron chi connectivity index (χ1n) is 6.33. The molecule has 0 fully saturated rings. The number of rotatable bonds is 5. The van der Waals surface area contributed by atoms with Crippen LogP contribution in [0.1, 0.15) is 11.1 Å². The fourth-order valence-corrected chi connectivity index (χ4v) is 3.20. The van der Waals surface area contributed by atoms with E-state index in [1.54, 1.807) is 42.5 Å². The van der Waals surface area contributed by atoms with E-state index in [1.807, 2.05) is 6.92 Å². The molecule has 5 nitrogen and oxygen atoms in total. The zero-order valence-corrected chi connectivity index (χ0v) is 12.6. The fourth-order valence-electron chi connectivity index (χ4n) is 1.88. The normalized spacial score (nSPS) is 11.2. The summed E-state index contributed by atoms with van der Waals surface area (Å²) in [6, 6.07) is 11.5. The van der Waals surface area contributed by atoms with Gasteiger partial charge in [-0.15, -0.1) is 0 Å². The molecule has 21 heavy (non-hydrogen) atoms. The Kier molecular flexibility index (Phi) is 4.50. The highest BCUT2D eigenvalue weighted by Gasteiger charge is 2.19. The third-order valence-electron chi connectivity index (χ3n) is 3.00. The first-order chi connectivity index (χ1) is 9.96. The molecule has 112 valence electrons. The SMILES string of the molecule is COc1ccc(C)cc1S(=O)(=O)Nc1ccc(CO)cc1. The van der Waals surface area contributed by atoms with Crippen molar-refractivity contribution < 1.29 is 18.3 Å². The molecular formula is C15H17NO4S. The molecule has 0 aliphatic rings. The van der Waals surface area contributed by atoms with Crippen molar-refractivity contribution in [2.24, 2.45) is 0 Å². The molecule has 6 heteroatoms. The van der Waals surface area contributed by atoms with Crippen LogP contribution in [0.4, 0.5) is 5.69 Å². The second-order valence-corrected chi connectivity index (χ2v) is 6.27. The second kappa shape index (κ2) is 6.15. The van der Waals surface area contributed by atoms with Crippen LogP contribution < -0.4 is 9.46 Å². The number of aliphatic hydroxyl groups is 1. The van der Waals surface area contributed by atoms with Crippen LogP contribution in [0.15, 0.2) is 47.4 Å². The zero-order valence-electron chi connectivity index (χ0n) is 11.8. The zero-order chi connectivity index (χ0) is 15.5. The van der Waals surface area contributed by atoms with Crippen molar-refractivity contribution >= 4 is 15.7 Å². The number of hydrogen-bond donors (Lipinski definition) is 2.